The number of hydrogen-bond donors (Lipinski definition) is 1. The number of Topliss-reactive ketones (excluding diaryl/α,β-unsaturated/α-hetero) is 1. The van der Waals surface area contributed by atoms with Crippen molar-refractivity contribution in [1.29, 1.82) is 0 Å². The van der Waals surface area contributed by atoms with Crippen molar-refractivity contribution in [3.05, 3.63) is 59.2 Å². The second-order valence-corrected chi connectivity index (χ2v) is 10.5. The SMILES string of the molecule is CC(C)C(=O)NC1(c2ccc(C(C)C)cc2OC(=O)C(C)C)C(=O)c2ccccc2S1=O. The molecule has 2 atom stereocenters. The van der Waals surface area contributed by atoms with E-state index in [0.29, 0.717) is 4.90 Å². The molecule has 2 aromatic carbocycles. The first-order valence-corrected chi connectivity index (χ1v) is 11.9. The number of ketones is 1. The Labute approximate surface area is 191 Å². The van der Waals surface area contributed by atoms with E-state index in [1.807, 2.05) is 19.9 Å². The average molecular weight is 456 g/mol. The van der Waals surface area contributed by atoms with Gasteiger partial charge in [0.15, 0.2) is 0 Å². The largest absolute Gasteiger partial charge is 0.426 e. The van der Waals surface area contributed by atoms with Crippen molar-refractivity contribution in [2.75, 3.05) is 0 Å². The summed E-state index contributed by atoms with van der Waals surface area (Å²) in [5, 5.41) is 2.77. The van der Waals surface area contributed by atoms with Crippen molar-refractivity contribution >= 4 is 28.5 Å². The Hall–Kier alpha value is -2.80. The number of esters is 1. The van der Waals surface area contributed by atoms with Crippen LogP contribution >= 0.6 is 0 Å². The van der Waals surface area contributed by atoms with Gasteiger partial charge in [-0.1, -0.05) is 71.9 Å². The minimum absolute atomic E-state index is 0.128. The molecule has 1 N–H and O–H groups in total. The summed E-state index contributed by atoms with van der Waals surface area (Å²) in [5.74, 6) is -1.98. The first kappa shape index (κ1) is 23.9. The van der Waals surface area contributed by atoms with Crippen molar-refractivity contribution in [2.24, 2.45) is 11.8 Å². The Morgan fingerprint density at radius 2 is 1.62 bits per heavy atom. The van der Waals surface area contributed by atoms with Gasteiger partial charge in [-0.2, -0.15) is 0 Å². The molecule has 1 heterocycles. The van der Waals surface area contributed by atoms with Crippen LogP contribution in [0.1, 0.15) is 68.9 Å². The zero-order chi connectivity index (χ0) is 23.8. The Balaban J connectivity index is 2.29. The molecule has 3 rings (SSSR count). The number of nitrogens with one attached hydrogen (secondary N) is 1. The molecule has 0 fully saturated rings. The molecule has 32 heavy (non-hydrogen) atoms. The molecule has 1 aliphatic heterocycles. The highest BCUT2D eigenvalue weighted by Gasteiger charge is 2.56. The zero-order valence-corrected chi connectivity index (χ0v) is 20.0. The van der Waals surface area contributed by atoms with Crippen LogP contribution < -0.4 is 10.1 Å². The summed E-state index contributed by atoms with van der Waals surface area (Å²) in [5.41, 5.74) is 1.38. The van der Waals surface area contributed by atoms with Crippen LogP contribution in [-0.4, -0.2) is 21.9 Å². The van der Waals surface area contributed by atoms with Gasteiger partial charge in [-0.05, 0) is 23.6 Å². The molecule has 7 heteroatoms. The van der Waals surface area contributed by atoms with Crippen molar-refractivity contribution in [1.82, 2.24) is 5.32 Å². The van der Waals surface area contributed by atoms with Gasteiger partial charge >= 0.3 is 5.97 Å². The number of rotatable bonds is 6. The van der Waals surface area contributed by atoms with Gasteiger partial charge in [0.1, 0.15) is 5.75 Å². The van der Waals surface area contributed by atoms with E-state index in [2.05, 4.69) is 5.32 Å². The number of benzene rings is 2. The lowest BCUT2D eigenvalue weighted by Gasteiger charge is -2.31. The molecule has 0 saturated heterocycles. The fraction of sp³-hybridized carbons (Fsp3) is 0.400. The minimum Gasteiger partial charge on any atom is -0.426 e. The Bertz CT molecular complexity index is 1070. The first-order chi connectivity index (χ1) is 15.0. The molecule has 0 radical (unpaired) electrons. The third-order valence-corrected chi connectivity index (χ3v) is 7.31. The maximum absolute atomic E-state index is 13.8. The minimum atomic E-state index is -1.94. The second kappa shape index (κ2) is 8.98. The number of amides is 1. The van der Waals surface area contributed by atoms with E-state index in [0.717, 1.165) is 5.56 Å². The number of hydrogen-bond acceptors (Lipinski definition) is 5. The van der Waals surface area contributed by atoms with E-state index in [9.17, 15) is 18.6 Å². The van der Waals surface area contributed by atoms with Gasteiger partial charge in [-0.3, -0.25) is 18.6 Å². The lowest BCUT2D eigenvalue weighted by molar-refractivity contribution is -0.137. The molecule has 0 bridgehead atoms. The summed E-state index contributed by atoms with van der Waals surface area (Å²) in [6.07, 6.45) is 0. The lowest BCUT2D eigenvalue weighted by Crippen LogP contribution is -2.53. The van der Waals surface area contributed by atoms with Gasteiger partial charge in [-0.25, -0.2) is 0 Å². The molecule has 2 aromatic rings. The van der Waals surface area contributed by atoms with Gasteiger partial charge in [0.25, 0.3) is 0 Å². The molecule has 0 aromatic heterocycles. The smallest absolute Gasteiger partial charge is 0.313 e. The van der Waals surface area contributed by atoms with Crippen LogP contribution in [-0.2, 0) is 25.3 Å². The number of carbonyl (C=O) groups excluding carboxylic acids is 3. The van der Waals surface area contributed by atoms with Crippen LogP contribution in [0.4, 0.5) is 0 Å². The van der Waals surface area contributed by atoms with Gasteiger partial charge in [-0.15, -0.1) is 0 Å². The molecule has 0 saturated carbocycles. The maximum Gasteiger partial charge on any atom is 0.313 e. The molecular weight excluding hydrogens is 426 g/mol. The van der Waals surface area contributed by atoms with Crippen LogP contribution in [0.15, 0.2) is 47.4 Å². The van der Waals surface area contributed by atoms with Crippen molar-refractivity contribution in [2.45, 2.75) is 57.2 Å². The molecule has 2 unspecified atom stereocenters. The zero-order valence-electron chi connectivity index (χ0n) is 19.2. The van der Waals surface area contributed by atoms with Crippen molar-refractivity contribution < 1.29 is 23.3 Å². The molecule has 170 valence electrons. The van der Waals surface area contributed by atoms with E-state index in [4.69, 9.17) is 4.74 Å². The summed E-state index contributed by atoms with van der Waals surface area (Å²) >= 11 is 0. The molecule has 6 nitrogen and oxygen atoms in total. The molecule has 1 amide bonds. The molecule has 0 spiro atoms. The van der Waals surface area contributed by atoms with E-state index >= 15 is 0 Å². The van der Waals surface area contributed by atoms with Crippen LogP contribution in [0.5, 0.6) is 5.75 Å². The predicted octanol–water partition coefficient (Wildman–Crippen LogP) is 4.30. The summed E-state index contributed by atoms with van der Waals surface area (Å²) in [6, 6.07) is 11.7. The van der Waals surface area contributed by atoms with Crippen LogP contribution in [0.2, 0.25) is 0 Å². The van der Waals surface area contributed by atoms with Crippen molar-refractivity contribution in [3.63, 3.8) is 0 Å². The Kier molecular flexibility index (Phi) is 6.69. The third kappa shape index (κ3) is 4.01. The van der Waals surface area contributed by atoms with Gasteiger partial charge in [0.2, 0.25) is 16.6 Å². The van der Waals surface area contributed by atoms with Crippen LogP contribution in [0, 0.1) is 11.8 Å². The standard InChI is InChI=1S/C25H29NO5S/c1-14(2)17-11-12-19(20(13-17)31-24(29)16(5)6)25(26-23(28)15(3)4)22(27)18-9-7-8-10-21(18)32(25)30/h7-16H,1-6H3,(H,26,28). The summed E-state index contributed by atoms with van der Waals surface area (Å²) in [6.45, 7) is 10.8. The molecule has 1 aliphatic rings. The fourth-order valence-corrected chi connectivity index (χ4v) is 5.20. The topological polar surface area (TPSA) is 89.5 Å². The second-order valence-electron chi connectivity index (χ2n) is 8.91. The van der Waals surface area contributed by atoms with Gasteiger partial charge in [0, 0.05) is 17.0 Å². The average Bonchev–Trinajstić information content (AvgIpc) is 2.96. The van der Waals surface area contributed by atoms with E-state index < -0.39 is 45.2 Å². The van der Waals surface area contributed by atoms with Crippen LogP contribution in [0.25, 0.3) is 0 Å². The predicted molar refractivity (Wildman–Crippen MR) is 123 cm³/mol. The normalized spacial score (nSPS) is 20.0. The first-order valence-electron chi connectivity index (χ1n) is 10.7. The van der Waals surface area contributed by atoms with Crippen LogP contribution in [0.3, 0.4) is 0 Å². The molecular formula is C25H29NO5S. The lowest BCUT2D eigenvalue weighted by atomic mass is 9.92. The summed E-state index contributed by atoms with van der Waals surface area (Å²) in [7, 11) is -1.94. The Morgan fingerprint density at radius 3 is 2.19 bits per heavy atom. The highest BCUT2D eigenvalue weighted by molar-refractivity contribution is 7.87. The fourth-order valence-electron chi connectivity index (χ4n) is 3.46. The number of carbonyl (C=O) groups is 3. The van der Waals surface area contributed by atoms with Gasteiger partial charge < -0.3 is 10.1 Å². The highest BCUT2D eigenvalue weighted by atomic mass is 32.2. The summed E-state index contributed by atoms with van der Waals surface area (Å²) < 4.78 is 19.5. The number of fused-ring (bicyclic) bond motifs is 1. The Morgan fingerprint density at radius 1 is 0.969 bits per heavy atom. The van der Waals surface area contributed by atoms with E-state index in [-0.39, 0.29) is 22.8 Å². The highest BCUT2D eigenvalue weighted by Crippen LogP contribution is 2.45. The molecule has 0 aliphatic carbocycles. The van der Waals surface area contributed by atoms with Gasteiger partial charge in [0.05, 0.1) is 21.6 Å². The summed E-state index contributed by atoms with van der Waals surface area (Å²) in [4.78, 5) is 37.5. The monoisotopic (exact) mass is 455 g/mol. The van der Waals surface area contributed by atoms with Crippen molar-refractivity contribution in [3.8, 4) is 5.75 Å². The van der Waals surface area contributed by atoms with E-state index in [1.54, 1.807) is 64.1 Å². The van der Waals surface area contributed by atoms with E-state index in [1.165, 1.54) is 0 Å². The quantitative estimate of drug-likeness (QED) is 0.518. The number of ether oxygens (including phenoxy) is 1. The third-order valence-electron chi connectivity index (χ3n) is 5.49. The maximum atomic E-state index is 13.8.